The second-order valence-electron chi connectivity index (χ2n) is 10.7. The minimum atomic E-state index is -2.73. The minimum absolute atomic E-state index is 0.309. The van der Waals surface area contributed by atoms with Crippen molar-refractivity contribution < 1.29 is 78.9 Å². The molecule has 0 radical (unpaired) electrons. The molecule has 3 aliphatic rings. The molecule has 0 spiro atoms. The number of carbonyl (C=O) groups is 3. The van der Waals surface area contributed by atoms with Crippen molar-refractivity contribution in [2.75, 3.05) is 19.8 Å². The van der Waals surface area contributed by atoms with Gasteiger partial charge in [-0.05, 0) is 6.92 Å². The standard InChI is InChI=1S/C24H41N3O16/c1-7(31)24(27(8(2)32)9(3)33)20(37)19(12(6-30)41-23(24)38)43-22-14(26)17(36)18(11(5-29)40-22)42-21-13(25)16(35)15(34)10(4-28)39-21/h10-23,28-30,34-38H,4-6,25-26H2,1-3H3/t10-,11-,12-,13-,14-,15-,16-,17-,18-,19-,20+,21+,22+,23?,24-/m1/s1. The van der Waals surface area contributed by atoms with Crippen molar-refractivity contribution in [1.29, 1.82) is 0 Å². The molecule has 0 aromatic heterocycles. The molecule has 19 heteroatoms. The number of aliphatic hydroxyl groups is 8. The molecule has 3 saturated heterocycles. The number of amides is 2. The molecular weight excluding hydrogens is 586 g/mol. The topological polar surface area (TPSA) is 314 Å². The van der Waals surface area contributed by atoms with Gasteiger partial charge in [0.25, 0.3) is 0 Å². The summed E-state index contributed by atoms with van der Waals surface area (Å²) in [5, 5.41) is 82.9. The van der Waals surface area contributed by atoms with Gasteiger partial charge in [-0.2, -0.15) is 0 Å². The van der Waals surface area contributed by atoms with Crippen molar-refractivity contribution in [2.45, 2.75) is 112 Å². The van der Waals surface area contributed by atoms with E-state index < -0.39 is 129 Å². The molecule has 0 aromatic carbocycles. The number of aliphatic hydroxyl groups excluding tert-OH is 8. The molecule has 0 aliphatic carbocycles. The average molecular weight is 628 g/mol. The van der Waals surface area contributed by atoms with Crippen LogP contribution in [0.4, 0.5) is 0 Å². The number of rotatable bonds is 9. The number of nitrogens with zero attached hydrogens (tertiary/aromatic N) is 1. The predicted octanol–water partition coefficient (Wildman–Crippen LogP) is -7.28. The first-order valence-electron chi connectivity index (χ1n) is 13.4. The Morgan fingerprint density at radius 3 is 1.60 bits per heavy atom. The number of ketones is 1. The van der Waals surface area contributed by atoms with Gasteiger partial charge in [0.2, 0.25) is 11.8 Å². The molecular formula is C24H41N3O16. The summed E-state index contributed by atoms with van der Waals surface area (Å²) in [6.45, 7) is 0.238. The number of carbonyl (C=O) groups excluding carboxylic acids is 3. The van der Waals surface area contributed by atoms with Crippen LogP contribution in [-0.4, -0.2) is 175 Å². The Morgan fingerprint density at radius 1 is 0.698 bits per heavy atom. The summed E-state index contributed by atoms with van der Waals surface area (Å²) >= 11 is 0. The Labute approximate surface area is 245 Å². The first-order valence-corrected chi connectivity index (χ1v) is 13.4. The molecule has 12 N–H and O–H groups in total. The maximum absolute atomic E-state index is 12.9. The Balaban J connectivity index is 1.89. The predicted molar refractivity (Wildman–Crippen MR) is 136 cm³/mol. The monoisotopic (exact) mass is 627 g/mol. The van der Waals surface area contributed by atoms with E-state index >= 15 is 0 Å². The van der Waals surface area contributed by atoms with E-state index in [1.165, 1.54) is 0 Å². The Hall–Kier alpha value is -1.79. The van der Waals surface area contributed by atoms with Gasteiger partial charge in [0.15, 0.2) is 30.2 Å². The number of nitrogens with two attached hydrogens (primary N) is 2. The van der Waals surface area contributed by atoms with E-state index in [-0.39, 0.29) is 0 Å². The van der Waals surface area contributed by atoms with Gasteiger partial charge >= 0.3 is 0 Å². The summed E-state index contributed by atoms with van der Waals surface area (Å²) in [5.41, 5.74) is 9.32. The third-order valence-electron chi connectivity index (χ3n) is 7.96. The maximum Gasteiger partial charge on any atom is 0.227 e. The lowest BCUT2D eigenvalue weighted by Crippen LogP contribution is -2.78. The minimum Gasteiger partial charge on any atom is -0.394 e. The highest BCUT2D eigenvalue weighted by Gasteiger charge is 2.65. The average Bonchev–Trinajstić information content (AvgIpc) is 2.95. The van der Waals surface area contributed by atoms with Gasteiger partial charge in [0.05, 0.1) is 31.9 Å². The number of hydrogen-bond donors (Lipinski definition) is 10. The van der Waals surface area contributed by atoms with Crippen LogP contribution in [0.2, 0.25) is 0 Å². The van der Waals surface area contributed by atoms with E-state index in [4.69, 9.17) is 35.2 Å². The highest BCUT2D eigenvalue weighted by atomic mass is 16.7. The number of hydrogen-bond acceptors (Lipinski definition) is 18. The molecule has 3 fully saturated rings. The molecule has 248 valence electrons. The van der Waals surface area contributed by atoms with Gasteiger partial charge in [0.1, 0.15) is 54.9 Å². The molecule has 3 aliphatic heterocycles. The highest BCUT2D eigenvalue weighted by Crippen LogP contribution is 2.38. The van der Waals surface area contributed by atoms with E-state index in [0.29, 0.717) is 4.90 Å². The molecule has 43 heavy (non-hydrogen) atoms. The quantitative estimate of drug-likeness (QED) is 0.113. The summed E-state index contributed by atoms with van der Waals surface area (Å²) in [6, 6.07) is -2.93. The molecule has 0 bridgehead atoms. The zero-order chi connectivity index (χ0) is 32.5. The van der Waals surface area contributed by atoms with Gasteiger partial charge in [-0.25, -0.2) is 0 Å². The lowest BCUT2D eigenvalue weighted by molar-refractivity contribution is -0.356. The molecule has 19 nitrogen and oxygen atoms in total. The van der Waals surface area contributed by atoms with Crippen molar-refractivity contribution in [3.8, 4) is 0 Å². The maximum atomic E-state index is 12.9. The smallest absolute Gasteiger partial charge is 0.227 e. The zero-order valence-corrected chi connectivity index (χ0v) is 23.6. The second kappa shape index (κ2) is 14.1. The first kappa shape index (κ1) is 35.7. The fourth-order valence-corrected chi connectivity index (χ4v) is 5.69. The molecule has 15 atom stereocenters. The van der Waals surface area contributed by atoms with E-state index in [0.717, 1.165) is 20.8 Å². The fraction of sp³-hybridized carbons (Fsp3) is 0.875. The van der Waals surface area contributed by atoms with E-state index in [2.05, 4.69) is 0 Å². The van der Waals surface area contributed by atoms with Crippen LogP contribution >= 0.6 is 0 Å². The van der Waals surface area contributed by atoms with Crippen molar-refractivity contribution in [3.05, 3.63) is 0 Å². The lowest BCUT2D eigenvalue weighted by atomic mass is 9.78. The summed E-state index contributed by atoms with van der Waals surface area (Å²) in [4.78, 5) is 38.0. The van der Waals surface area contributed by atoms with Crippen molar-refractivity contribution in [2.24, 2.45) is 11.5 Å². The molecule has 3 heterocycles. The Bertz CT molecular complexity index is 990. The summed E-state index contributed by atoms with van der Waals surface area (Å²) in [5.74, 6) is -3.14. The van der Waals surface area contributed by atoms with Crippen LogP contribution in [-0.2, 0) is 38.1 Å². The zero-order valence-electron chi connectivity index (χ0n) is 23.6. The SMILES string of the molecule is CC(=O)N(C(C)=O)[C@@]1(C(C)=O)C(O)O[C@H](CO)[C@@H](O[C@@H]2O[C@H](CO)[C@@H](O[C@@H]3O[C@H](CO)[C@@H](O)[C@H](O)[C@H]3N)[C@H](O)[C@H]2N)[C@@H]1O. The lowest BCUT2D eigenvalue weighted by Gasteiger charge is -2.53. The van der Waals surface area contributed by atoms with Crippen LogP contribution in [0.5, 0.6) is 0 Å². The van der Waals surface area contributed by atoms with Gasteiger partial charge < -0.3 is 76.0 Å². The number of imide groups is 1. The fourth-order valence-electron chi connectivity index (χ4n) is 5.69. The summed E-state index contributed by atoms with van der Waals surface area (Å²) in [6.07, 6.45) is -20.3. The van der Waals surface area contributed by atoms with E-state index in [9.17, 15) is 55.2 Å². The molecule has 3 rings (SSSR count). The molecule has 2 amide bonds. The third kappa shape index (κ3) is 6.34. The highest BCUT2D eigenvalue weighted by molar-refractivity contribution is 6.02. The van der Waals surface area contributed by atoms with Gasteiger partial charge in [0, 0.05) is 13.8 Å². The second-order valence-corrected chi connectivity index (χ2v) is 10.7. The van der Waals surface area contributed by atoms with E-state index in [1.807, 2.05) is 0 Å². The Morgan fingerprint density at radius 2 is 1.14 bits per heavy atom. The van der Waals surface area contributed by atoms with Crippen LogP contribution in [0.25, 0.3) is 0 Å². The van der Waals surface area contributed by atoms with Crippen LogP contribution < -0.4 is 11.5 Å². The van der Waals surface area contributed by atoms with Crippen LogP contribution in [0, 0.1) is 0 Å². The van der Waals surface area contributed by atoms with Crippen LogP contribution in [0.15, 0.2) is 0 Å². The molecule has 0 aromatic rings. The van der Waals surface area contributed by atoms with Crippen molar-refractivity contribution >= 4 is 17.6 Å². The van der Waals surface area contributed by atoms with Gasteiger partial charge in [-0.3, -0.25) is 19.3 Å². The van der Waals surface area contributed by atoms with Gasteiger partial charge in [-0.15, -0.1) is 0 Å². The number of Topliss-reactive ketones (excluding diaryl/α,β-unsaturated/α-hetero) is 1. The van der Waals surface area contributed by atoms with Crippen molar-refractivity contribution in [1.82, 2.24) is 4.90 Å². The first-order chi connectivity index (χ1) is 20.1. The van der Waals surface area contributed by atoms with Crippen LogP contribution in [0.3, 0.4) is 0 Å². The Kier molecular flexibility index (Phi) is 11.7. The number of ether oxygens (including phenoxy) is 5. The van der Waals surface area contributed by atoms with Crippen LogP contribution in [0.1, 0.15) is 20.8 Å². The summed E-state index contributed by atoms with van der Waals surface area (Å²) in [7, 11) is 0. The molecule has 1 unspecified atom stereocenters. The van der Waals surface area contributed by atoms with Gasteiger partial charge in [-0.1, -0.05) is 0 Å². The normalized spacial score (nSPS) is 45.4. The summed E-state index contributed by atoms with van der Waals surface area (Å²) < 4.78 is 27.9. The molecule has 0 saturated carbocycles. The van der Waals surface area contributed by atoms with Crippen molar-refractivity contribution in [3.63, 3.8) is 0 Å². The van der Waals surface area contributed by atoms with E-state index in [1.54, 1.807) is 0 Å². The third-order valence-corrected chi connectivity index (χ3v) is 7.96. The largest absolute Gasteiger partial charge is 0.394 e.